The molecule has 0 N–H and O–H groups in total. The van der Waals surface area contributed by atoms with Gasteiger partial charge in [-0.2, -0.15) is 0 Å². The SMILES string of the molecule is CC(C)(C)C(=O)ON1CCN(c2cc(Cl)nc(N3CCOCC3)c2)CC1. The Bertz CT molecular complexity index is 636. The minimum absolute atomic E-state index is 0.201. The number of piperazine rings is 1. The van der Waals surface area contributed by atoms with Gasteiger partial charge in [-0.15, -0.1) is 5.06 Å². The number of aromatic nitrogens is 1. The van der Waals surface area contributed by atoms with Gasteiger partial charge in [0.05, 0.1) is 31.7 Å². The fourth-order valence-corrected chi connectivity index (χ4v) is 3.10. The molecule has 0 aromatic carbocycles. The van der Waals surface area contributed by atoms with Gasteiger partial charge >= 0.3 is 5.97 Å². The van der Waals surface area contributed by atoms with Gasteiger partial charge in [0, 0.05) is 37.9 Å². The number of pyridine rings is 1. The van der Waals surface area contributed by atoms with Crippen LogP contribution in [-0.4, -0.2) is 68.5 Å². The number of ether oxygens (including phenoxy) is 1. The van der Waals surface area contributed by atoms with Gasteiger partial charge in [0.25, 0.3) is 0 Å². The zero-order valence-electron chi connectivity index (χ0n) is 15.7. The quantitative estimate of drug-likeness (QED) is 0.742. The first-order valence-corrected chi connectivity index (χ1v) is 9.43. The number of hydrogen-bond donors (Lipinski definition) is 0. The molecule has 2 fully saturated rings. The van der Waals surface area contributed by atoms with E-state index < -0.39 is 5.41 Å². The molecular weight excluding hydrogens is 356 g/mol. The second kappa shape index (κ2) is 7.98. The lowest BCUT2D eigenvalue weighted by Crippen LogP contribution is -2.48. The molecule has 0 saturated carbocycles. The van der Waals surface area contributed by atoms with E-state index in [0.29, 0.717) is 31.5 Å². The highest BCUT2D eigenvalue weighted by Gasteiger charge is 2.28. The van der Waals surface area contributed by atoms with Crippen molar-refractivity contribution in [2.75, 3.05) is 62.3 Å². The zero-order valence-corrected chi connectivity index (χ0v) is 16.5. The topological polar surface area (TPSA) is 58.1 Å². The molecule has 8 heteroatoms. The van der Waals surface area contributed by atoms with E-state index in [1.54, 1.807) is 5.06 Å². The van der Waals surface area contributed by atoms with Crippen molar-refractivity contribution < 1.29 is 14.4 Å². The average Bonchev–Trinajstić information content (AvgIpc) is 2.62. The van der Waals surface area contributed by atoms with Gasteiger partial charge in [0.1, 0.15) is 11.0 Å². The monoisotopic (exact) mass is 382 g/mol. The predicted octanol–water partition coefficient (Wildman–Crippen LogP) is 2.20. The van der Waals surface area contributed by atoms with Gasteiger partial charge in [0.2, 0.25) is 0 Å². The molecule has 0 spiro atoms. The summed E-state index contributed by atoms with van der Waals surface area (Å²) in [6, 6.07) is 3.97. The number of hydroxylamine groups is 2. The summed E-state index contributed by atoms with van der Waals surface area (Å²) < 4.78 is 5.41. The van der Waals surface area contributed by atoms with Crippen molar-refractivity contribution in [3.63, 3.8) is 0 Å². The number of anilines is 2. The molecule has 1 aromatic heterocycles. The van der Waals surface area contributed by atoms with E-state index in [0.717, 1.165) is 37.7 Å². The number of carbonyl (C=O) groups is 1. The molecule has 2 saturated heterocycles. The number of morpholine rings is 1. The van der Waals surface area contributed by atoms with Crippen LogP contribution in [0.4, 0.5) is 11.5 Å². The van der Waals surface area contributed by atoms with Crippen LogP contribution in [0.25, 0.3) is 0 Å². The summed E-state index contributed by atoms with van der Waals surface area (Å²) in [6.07, 6.45) is 0. The van der Waals surface area contributed by atoms with Crippen LogP contribution in [0, 0.1) is 5.41 Å². The van der Waals surface area contributed by atoms with Crippen molar-refractivity contribution in [2.24, 2.45) is 5.41 Å². The lowest BCUT2D eigenvalue weighted by molar-refractivity contribution is -0.201. The number of hydrogen-bond acceptors (Lipinski definition) is 7. The van der Waals surface area contributed by atoms with Crippen molar-refractivity contribution >= 4 is 29.1 Å². The molecule has 0 unspecified atom stereocenters. The number of nitrogens with zero attached hydrogens (tertiary/aromatic N) is 4. The Balaban J connectivity index is 1.62. The molecule has 144 valence electrons. The number of carbonyl (C=O) groups excluding carboxylic acids is 1. The standard InChI is InChI=1S/C18H27ClN4O3/c1-18(2,3)17(24)26-23-6-4-21(5-7-23)14-12-15(19)20-16(13-14)22-8-10-25-11-9-22/h12-13H,4-11H2,1-3H3. The molecule has 0 amide bonds. The van der Waals surface area contributed by atoms with E-state index in [1.807, 2.05) is 26.8 Å². The van der Waals surface area contributed by atoms with Gasteiger partial charge in [-0.05, 0) is 26.8 Å². The summed E-state index contributed by atoms with van der Waals surface area (Å²) in [5.41, 5.74) is 0.552. The highest BCUT2D eigenvalue weighted by molar-refractivity contribution is 6.29. The van der Waals surface area contributed by atoms with E-state index >= 15 is 0 Å². The van der Waals surface area contributed by atoms with Crippen LogP contribution in [0.2, 0.25) is 5.15 Å². The Morgan fingerprint density at radius 2 is 1.73 bits per heavy atom. The Kier molecular flexibility index (Phi) is 5.89. The molecule has 0 atom stereocenters. The van der Waals surface area contributed by atoms with Crippen LogP contribution in [0.3, 0.4) is 0 Å². The fourth-order valence-electron chi connectivity index (χ4n) is 2.90. The maximum atomic E-state index is 12.0. The maximum Gasteiger partial charge on any atom is 0.330 e. The molecule has 1 aromatic rings. The maximum absolute atomic E-state index is 12.0. The Morgan fingerprint density at radius 1 is 1.08 bits per heavy atom. The van der Waals surface area contributed by atoms with Gasteiger partial charge < -0.3 is 19.4 Å². The first kappa shape index (κ1) is 19.2. The lowest BCUT2D eigenvalue weighted by Gasteiger charge is -2.36. The minimum atomic E-state index is -0.497. The molecule has 7 nitrogen and oxygen atoms in total. The van der Waals surface area contributed by atoms with Crippen molar-refractivity contribution in [3.05, 3.63) is 17.3 Å². The first-order chi connectivity index (χ1) is 12.3. The largest absolute Gasteiger partial charge is 0.378 e. The molecule has 3 rings (SSSR count). The first-order valence-electron chi connectivity index (χ1n) is 9.05. The van der Waals surface area contributed by atoms with Crippen LogP contribution in [0.1, 0.15) is 20.8 Å². The summed E-state index contributed by atoms with van der Waals surface area (Å²) in [5, 5.41) is 2.24. The van der Waals surface area contributed by atoms with E-state index in [9.17, 15) is 4.79 Å². The summed E-state index contributed by atoms with van der Waals surface area (Å²) in [6.45, 7) is 11.5. The highest BCUT2D eigenvalue weighted by atomic mass is 35.5. The summed E-state index contributed by atoms with van der Waals surface area (Å²) in [5.74, 6) is 0.685. The molecule has 3 heterocycles. The normalized spacial score (nSPS) is 19.5. The smallest absolute Gasteiger partial charge is 0.330 e. The van der Waals surface area contributed by atoms with Crippen molar-refractivity contribution in [3.8, 4) is 0 Å². The van der Waals surface area contributed by atoms with Crippen LogP contribution in [0.5, 0.6) is 0 Å². The number of rotatable bonds is 3. The van der Waals surface area contributed by atoms with Crippen molar-refractivity contribution in [1.29, 1.82) is 0 Å². The molecule has 26 heavy (non-hydrogen) atoms. The minimum Gasteiger partial charge on any atom is -0.378 e. The third-order valence-electron chi connectivity index (χ3n) is 4.53. The van der Waals surface area contributed by atoms with Gasteiger partial charge in [0.15, 0.2) is 0 Å². The van der Waals surface area contributed by atoms with Crippen molar-refractivity contribution in [2.45, 2.75) is 20.8 Å². The molecule has 0 bridgehead atoms. The van der Waals surface area contributed by atoms with Gasteiger partial charge in [-0.25, -0.2) is 9.78 Å². The molecule has 0 radical (unpaired) electrons. The van der Waals surface area contributed by atoms with Crippen LogP contribution >= 0.6 is 11.6 Å². The number of halogens is 1. The average molecular weight is 383 g/mol. The highest BCUT2D eigenvalue weighted by Crippen LogP contribution is 2.26. The van der Waals surface area contributed by atoms with Crippen LogP contribution < -0.4 is 9.80 Å². The zero-order chi connectivity index (χ0) is 18.7. The van der Waals surface area contributed by atoms with E-state index in [1.165, 1.54) is 0 Å². The Labute approximate surface area is 159 Å². The van der Waals surface area contributed by atoms with Gasteiger partial charge in [-0.1, -0.05) is 11.6 Å². The van der Waals surface area contributed by atoms with Crippen LogP contribution in [0.15, 0.2) is 12.1 Å². The molecule has 2 aliphatic heterocycles. The third-order valence-corrected chi connectivity index (χ3v) is 4.72. The van der Waals surface area contributed by atoms with E-state index in [2.05, 4.69) is 20.9 Å². The van der Waals surface area contributed by atoms with E-state index in [4.69, 9.17) is 21.2 Å². The fraction of sp³-hybridized carbons (Fsp3) is 0.667. The molecule has 0 aliphatic carbocycles. The summed E-state index contributed by atoms with van der Waals surface area (Å²) in [4.78, 5) is 26.4. The summed E-state index contributed by atoms with van der Waals surface area (Å²) >= 11 is 6.26. The predicted molar refractivity (Wildman–Crippen MR) is 102 cm³/mol. The van der Waals surface area contributed by atoms with E-state index in [-0.39, 0.29) is 5.97 Å². The van der Waals surface area contributed by atoms with Gasteiger partial charge in [-0.3, -0.25) is 0 Å². The van der Waals surface area contributed by atoms with Crippen molar-refractivity contribution in [1.82, 2.24) is 10.0 Å². The summed E-state index contributed by atoms with van der Waals surface area (Å²) in [7, 11) is 0. The third kappa shape index (κ3) is 4.78. The second-order valence-corrected chi connectivity index (χ2v) is 8.04. The lowest BCUT2D eigenvalue weighted by atomic mass is 9.98. The van der Waals surface area contributed by atoms with Crippen LogP contribution in [-0.2, 0) is 14.4 Å². The Morgan fingerprint density at radius 3 is 2.35 bits per heavy atom. The molecule has 2 aliphatic rings. The molecular formula is C18H27ClN4O3. The Hall–Kier alpha value is -1.57. The second-order valence-electron chi connectivity index (χ2n) is 7.65.